The van der Waals surface area contributed by atoms with Crippen LogP contribution in [-0.2, 0) is 14.3 Å². The zero-order valence-corrected chi connectivity index (χ0v) is 18.9. The van der Waals surface area contributed by atoms with E-state index in [9.17, 15) is 19.5 Å². The molecule has 33 heavy (non-hydrogen) atoms. The second kappa shape index (κ2) is 9.65. The van der Waals surface area contributed by atoms with Crippen molar-refractivity contribution in [1.82, 2.24) is 10.6 Å². The lowest BCUT2D eigenvalue weighted by Crippen LogP contribution is -2.53. The van der Waals surface area contributed by atoms with Gasteiger partial charge < -0.3 is 20.5 Å². The van der Waals surface area contributed by atoms with Crippen molar-refractivity contribution >= 4 is 18.0 Å². The van der Waals surface area contributed by atoms with E-state index in [0.29, 0.717) is 6.42 Å². The van der Waals surface area contributed by atoms with Crippen molar-refractivity contribution in [2.24, 2.45) is 11.8 Å². The normalized spacial score (nSPS) is 16.5. The van der Waals surface area contributed by atoms with E-state index in [2.05, 4.69) is 22.8 Å². The van der Waals surface area contributed by atoms with Crippen LogP contribution in [0.5, 0.6) is 0 Å². The van der Waals surface area contributed by atoms with Gasteiger partial charge in [0.05, 0.1) is 0 Å². The van der Waals surface area contributed by atoms with Crippen molar-refractivity contribution in [1.29, 1.82) is 0 Å². The minimum atomic E-state index is -1.08. The Kier molecular flexibility index (Phi) is 6.67. The Labute approximate surface area is 193 Å². The highest BCUT2D eigenvalue weighted by atomic mass is 16.5. The van der Waals surface area contributed by atoms with Crippen molar-refractivity contribution in [2.45, 2.75) is 51.1 Å². The molecule has 0 aromatic heterocycles. The molecular formula is C26H30N2O5. The number of alkyl carbamates (subject to hydrolysis) is 1. The number of carboxylic acids is 1. The molecule has 1 saturated carbocycles. The molecule has 0 radical (unpaired) electrons. The van der Waals surface area contributed by atoms with Crippen molar-refractivity contribution < 1.29 is 24.2 Å². The topological polar surface area (TPSA) is 105 Å². The van der Waals surface area contributed by atoms with E-state index in [1.165, 1.54) is 0 Å². The van der Waals surface area contributed by atoms with Crippen LogP contribution < -0.4 is 10.6 Å². The van der Waals surface area contributed by atoms with E-state index in [0.717, 1.165) is 35.1 Å². The summed E-state index contributed by atoms with van der Waals surface area (Å²) < 4.78 is 5.57. The zero-order valence-electron chi connectivity index (χ0n) is 18.9. The van der Waals surface area contributed by atoms with E-state index in [1.54, 1.807) is 0 Å². The Morgan fingerprint density at radius 3 is 2.06 bits per heavy atom. The van der Waals surface area contributed by atoms with Crippen LogP contribution >= 0.6 is 0 Å². The number of amides is 2. The first-order valence-corrected chi connectivity index (χ1v) is 11.5. The molecule has 2 aliphatic rings. The molecule has 2 aromatic carbocycles. The fourth-order valence-corrected chi connectivity index (χ4v) is 4.55. The van der Waals surface area contributed by atoms with Gasteiger partial charge in [-0.15, -0.1) is 0 Å². The predicted octanol–water partition coefficient (Wildman–Crippen LogP) is 3.92. The van der Waals surface area contributed by atoms with Gasteiger partial charge in [-0.1, -0.05) is 62.4 Å². The fraction of sp³-hybridized carbons (Fsp3) is 0.423. The van der Waals surface area contributed by atoms with E-state index in [4.69, 9.17) is 4.74 Å². The van der Waals surface area contributed by atoms with Gasteiger partial charge in [0.15, 0.2) is 0 Å². The summed E-state index contributed by atoms with van der Waals surface area (Å²) in [5.74, 6) is -1.51. The number of ether oxygens (including phenoxy) is 1. The quantitative estimate of drug-likeness (QED) is 0.537. The summed E-state index contributed by atoms with van der Waals surface area (Å²) in [6, 6.07) is 14.4. The van der Waals surface area contributed by atoms with Crippen LogP contribution in [0.25, 0.3) is 11.1 Å². The summed E-state index contributed by atoms with van der Waals surface area (Å²) in [5, 5.41) is 14.7. The van der Waals surface area contributed by atoms with Gasteiger partial charge in [-0.05, 0) is 53.4 Å². The first-order valence-electron chi connectivity index (χ1n) is 11.5. The maximum Gasteiger partial charge on any atom is 0.407 e. The Hall–Kier alpha value is -3.35. The SMILES string of the molecule is CC(C)C[C@H](NC(=O)C(NC(=O)OCC1c2ccccc2-c2ccccc21)C1CC1)C(=O)O. The molecule has 7 heteroatoms. The summed E-state index contributed by atoms with van der Waals surface area (Å²) in [4.78, 5) is 37.0. The molecule has 1 unspecified atom stereocenters. The smallest absolute Gasteiger partial charge is 0.407 e. The van der Waals surface area contributed by atoms with Crippen LogP contribution in [-0.4, -0.2) is 41.8 Å². The predicted molar refractivity (Wildman–Crippen MR) is 124 cm³/mol. The van der Waals surface area contributed by atoms with Crippen molar-refractivity contribution in [2.75, 3.05) is 6.61 Å². The summed E-state index contributed by atoms with van der Waals surface area (Å²) in [6.45, 7) is 3.95. The fourth-order valence-electron chi connectivity index (χ4n) is 4.55. The number of aliphatic carboxylic acids is 1. The lowest BCUT2D eigenvalue weighted by atomic mass is 9.98. The summed E-state index contributed by atoms with van der Waals surface area (Å²) in [6.07, 6.45) is 1.27. The molecule has 4 rings (SSSR count). The number of hydrogen-bond acceptors (Lipinski definition) is 4. The van der Waals surface area contributed by atoms with E-state index < -0.39 is 30.1 Å². The van der Waals surface area contributed by atoms with E-state index in [-0.39, 0.29) is 24.4 Å². The third-order valence-electron chi connectivity index (χ3n) is 6.31. The first-order chi connectivity index (χ1) is 15.8. The van der Waals surface area contributed by atoms with Gasteiger partial charge in [-0.25, -0.2) is 9.59 Å². The monoisotopic (exact) mass is 450 g/mol. The average Bonchev–Trinajstić information content (AvgIpc) is 3.57. The summed E-state index contributed by atoms with van der Waals surface area (Å²) >= 11 is 0. The molecule has 2 atom stereocenters. The maximum absolute atomic E-state index is 12.8. The highest BCUT2D eigenvalue weighted by Gasteiger charge is 2.39. The van der Waals surface area contributed by atoms with Crippen LogP contribution in [0.2, 0.25) is 0 Å². The number of carbonyl (C=O) groups is 3. The molecule has 2 aromatic rings. The molecule has 174 valence electrons. The Morgan fingerprint density at radius 2 is 1.55 bits per heavy atom. The van der Waals surface area contributed by atoms with E-state index in [1.807, 2.05) is 50.2 Å². The Bertz CT molecular complexity index is 1000. The zero-order chi connectivity index (χ0) is 23.5. The third-order valence-corrected chi connectivity index (χ3v) is 6.31. The standard InChI is InChI=1S/C26H30N2O5/c1-15(2)13-22(25(30)31)27-24(29)23(16-11-12-16)28-26(32)33-14-21-19-9-5-3-7-17(19)18-8-4-6-10-20(18)21/h3-10,15-16,21-23H,11-14H2,1-2H3,(H,27,29)(H,28,32)(H,30,31)/t22-,23?/m0/s1. The number of carbonyl (C=O) groups excluding carboxylic acids is 2. The van der Waals surface area contributed by atoms with Gasteiger partial charge in [0.2, 0.25) is 5.91 Å². The van der Waals surface area contributed by atoms with Crippen molar-refractivity contribution in [3.05, 3.63) is 59.7 Å². The second-order valence-electron chi connectivity index (χ2n) is 9.31. The molecule has 7 nitrogen and oxygen atoms in total. The molecular weight excluding hydrogens is 420 g/mol. The van der Waals surface area contributed by atoms with Gasteiger partial charge in [0, 0.05) is 5.92 Å². The number of nitrogens with one attached hydrogen (secondary N) is 2. The molecule has 1 fully saturated rings. The number of rotatable bonds is 9. The van der Waals surface area contributed by atoms with Crippen LogP contribution in [0.4, 0.5) is 4.79 Å². The highest BCUT2D eigenvalue weighted by Crippen LogP contribution is 2.44. The van der Waals surface area contributed by atoms with Crippen molar-refractivity contribution in [3.8, 4) is 11.1 Å². The second-order valence-corrected chi connectivity index (χ2v) is 9.31. The van der Waals surface area contributed by atoms with Crippen LogP contribution in [0, 0.1) is 11.8 Å². The van der Waals surface area contributed by atoms with Crippen LogP contribution in [0.15, 0.2) is 48.5 Å². The van der Waals surface area contributed by atoms with Crippen molar-refractivity contribution in [3.63, 3.8) is 0 Å². The number of hydrogen-bond donors (Lipinski definition) is 3. The maximum atomic E-state index is 12.8. The average molecular weight is 451 g/mol. The molecule has 0 spiro atoms. The molecule has 0 heterocycles. The number of carboxylic acid groups (broad SMARTS) is 1. The Morgan fingerprint density at radius 1 is 0.970 bits per heavy atom. The lowest BCUT2D eigenvalue weighted by Gasteiger charge is -2.22. The molecule has 2 aliphatic carbocycles. The van der Waals surface area contributed by atoms with Crippen LogP contribution in [0.1, 0.15) is 50.2 Å². The van der Waals surface area contributed by atoms with Gasteiger partial charge in [0.25, 0.3) is 0 Å². The molecule has 3 N–H and O–H groups in total. The van der Waals surface area contributed by atoms with Crippen LogP contribution in [0.3, 0.4) is 0 Å². The third kappa shape index (κ3) is 5.18. The summed E-state index contributed by atoms with van der Waals surface area (Å²) in [5.41, 5.74) is 4.51. The van der Waals surface area contributed by atoms with Gasteiger partial charge >= 0.3 is 12.1 Å². The van der Waals surface area contributed by atoms with Gasteiger partial charge in [-0.3, -0.25) is 4.79 Å². The number of fused-ring (bicyclic) bond motifs is 3. The largest absolute Gasteiger partial charge is 0.480 e. The lowest BCUT2D eigenvalue weighted by molar-refractivity contribution is -0.142. The minimum Gasteiger partial charge on any atom is -0.480 e. The van der Waals surface area contributed by atoms with E-state index >= 15 is 0 Å². The highest BCUT2D eigenvalue weighted by molar-refractivity contribution is 5.89. The minimum absolute atomic E-state index is 0.000947. The summed E-state index contributed by atoms with van der Waals surface area (Å²) in [7, 11) is 0. The van der Waals surface area contributed by atoms with Gasteiger partial charge in [-0.2, -0.15) is 0 Å². The molecule has 0 aliphatic heterocycles. The number of benzene rings is 2. The molecule has 0 saturated heterocycles. The van der Waals surface area contributed by atoms with Gasteiger partial charge in [0.1, 0.15) is 18.7 Å². The Balaban J connectivity index is 1.39. The molecule has 0 bridgehead atoms. The molecule has 2 amide bonds. The first kappa shape index (κ1) is 22.8.